The van der Waals surface area contributed by atoms with Gasteiger partial charge in [-0.3, -0.25) is 4.79 Å². The molecule has 0 radical (unpaired) electrons. The molecule has 0 saturated carbocycles. The van der Waals surface area contributed by atoms with E-state index in [9.17, 15) is 4.79 Å². The smallest absolute Gasteiger partial charge is 0.138 e. The van der Waals surface area contributed by atoms with Crippen LogP contribution in [-0.2, 0) is 4.79 Å². The molecule has 0 unspecified atom stereocenters. The van der Waals surface area contributed by atoms with Crippen LogP contribution < -0.4 is 0 Å². The molecule has 2 aromatic rings. The fourth-order valence-corrected chi connectivity index (χ4v) is 3.38. The molecule has 1 heteroatoms. The van der Waals surface area contributed by atoms with Crippen LogP contribution in [0.1, 0.15) is 64.5 Å². The van der Waals surface area contributed by atoms with Crippen molar-refractivity contribution in [1.29, 1.82) is 0 Å². The lowest BCUT2D eigenvalue weighted by atomic mass is 9.60. The van der Waals surface area contributed by atoms with Crippen LogP contribution in [-0.4, -0.2) is 5.78 Å². The van der Waals surface area contributed by atoms with Gasteiger partial charge >= 0.3 is 0 Å². The highest BCUT2D eigenvalue weighted by Gasteiger charge is 2.43. The highest BCUT2D eigenvalue weighted by molar-refractivity contribution is 5.84. The largest absolute Gasteiger partial charge is 0.299 e. The van der Waals surface area contributed by atoms with Crippen molar-refractivity contribution >= 4 is 5.78 Å². The zero-order valence-corrected chi connectivity index (χ0v) is 15.7. The summed E-state index contributed by atoms with van der Waals surface area (Å²) >= 11 is 0. The number of carbonyl (C=O) groups excluding carboxylic acids is 1. The monoisotopic (exact) mass is 322 g/mol. The van der Waals surface area contributed by atoms with Crippen LogP contribution in [0.2, 0.25) is 0 Å². The number of hydrogen-bond acceptors (Lipinski definition) is 1. The average molecular weight is 322 g/mol. The Morgan fingerprint density at radius 2 is 1.25 bits per heavy atom. The predicted octanol–water partition coefficient (Wildman–Crippen LogP) is 6.24. The zero-order chi connectivity index (χ0) is 17.8. The van der Waals surface area contributed by atoms with Crippen LogP contribution in [0.15, 0.2) is 60.7 Å². The standard InChI is InChI=1S/C23H30O/c1-6-21(24)23(4,5)22(2,3)17-20(18-13-9-7-10-14-18)19-15-11-8-12-16-19/h7-16,20H,6,17H2,1-5H3. The first kappa shape index (κ1) is 18.4. The molecule has 1 nitrogen and oxygen atoms in total. The average Bonchev–Trinajstić information content (AvgIpc) is 2.60. The maximum atomic E-state index is 12.5. The second-order valence-electron chi connectivity index (χ2n) is 7.86. The molecule has 0 spiro atoms. The van der Waals surface area contributed by atoms with E-state index < -0.39 is 0 Å². The quantitative estimate of drug-likeness (QED) is 0.589. The molecule has 0 bridgehead atoms. The predicted molar refractivity (Wildman–Crippen MR) is 102 cm³/mol. The molecule has 0 N–H and O–H groups in total. The van der Waals surface area contributed by atoms with Gasteiger partial charge in [0.1, 0.15) is 5.78 Å². The second kappa shape index (κ2) is 7.34. The van der Waals surface area contributed by atoms with E-state index in [1.165, 1.54) is 11.1 Å². The van der Waals surface area contributed by atoms with Gasteiger partial charge in [-0.2, -0.15) is 0 Å². The minimum absolute atomic E-state index is 0.101. The normalized spacial score (nSPS) is 12.4. The third-order valence-corrected chi connectivity index (χ3v) is 5.83. The second-order valence-corrected chi connectivity index (χ2v) is 7.86. The van der Waals surface area contributed by atoms with Crippen LogP contribution in [0, 0.1) is 10.8 Å². The van der Waals surface area contributed by atoms with Crippen molar-refractivity contribution in [2.45, 2.75) is 53.4 Å². The number of rotatable bonds is 7. The number of Topliss-reactive ketones (excluding diaryl/α,β-unsaturated/α-hetero) is 1. The van der Waals surface area contributed by atoms with Gasteiger partial charge in [0.15, 0.2) is 0 Å². The minimum atomic E-state index is -0.344. The summed E-state index contributed by atoms with van der Waals surface area (Å²) in [5, 5.41) is 0. The molecule has 0 heterocycles. The van der Waals surface area contributed by atoms with Crippen molar-refractivity contribution < 1.29 is 4.79 Å². The van der Waals surface area contributed by atoms with Crippen molar-refractivity contribution in [3.8, 4) is 0 Å². The molecule has 0 amide bonds. The summed E-state index contributed by atoms with van der Waals surface area (Å²) in [6.07, 6.45) is 1.54. The summed E-state index contributed by atoms with van der Waals surface area (Å²) in [5.74, 6) is 0.638. The lowest BCUT2D eigenvalue weighted by Crippen LogP contribution is -2.40. The van der Waals surface area contributed by atoms with E-state index in [4.69, 9.17) is 0 Å². The fourth-order valence-electron chi connectivity index (χ4n) is 3.38. The summed E-state index contributed by atoms with van der Waals surface area (Å²) in [5.41, 5.74) is 2.19. The molecule has 0 aliphatic rings. The number of ketones is 1. The lowest BCUT2D eigenvalue weighted by molar-refractivity contribution is -0.133. The Hall–Kier alpha value is -1.89. The van der Waals surface area contributed by atoms with E-state index >= 15 is 0 Å². The third kappa shape index (κ3) is 3.77. The summed E-state index contributed by atoms with van der Waals surface area (Å²) in [7, 11) is 0. The maximum absolute atomic E-state index is 12.5. The zero-order valence-electron chi connectivity index (χ0n) is 15.7. The van der Waals surface area contributed by atoms with Crippen molar-refractivity contribution in [3.63, 3.8) is 0 Å². The Morgan fingerprint density at radius 1 is 0.833 bits per heavy atom. The van der Waals surface area contributed by atoms with E-state index in [1.807, 2.05) is 6.92 Å². The molecule has 0 aliphatic heterocycles. The number of carbonyl (C=O) groups is 1. The highest BCUT2D eigenvalue weighted by Crippen LogP contribution is 2.48. The number of benzene rings is 2. The van der Waals surface area contributed by atoms with Crippen LogP contribution >= 0.6 is 0 Å². The summed E-state index contributed by atoms with van der Waals surface area (Å²) in [6.45, 7) is 10.6. The van der Waals surface area contributed by atoms with Gasteiger partial charge in [-0.1, -0.05) is 95.3 Å². The molecule has 0 fully saturated rings. The van der Waals surface area contributed by atoms with Crippen LogP contribution in [0.5, 0.6) is 0 Å². The summed E-state index contributed by atoms with van der Waals surface area (Å²) in [4.78, 5) is 12.5. The summed E-state index contributed by atoms with van der Waals surface area (Å²) < 4.78 is 0. The van der Waals surface area contributed by atoms with Gasteiger partial charge in [-0.15, -0.1) is 0 Å². The van der Waals surface area contributed by atoms with Crippen LogP contribution in [0.25, 0.3) is 0 Å². The van der Waals surface area contributed by atoms with Gasteiger partial charge in [-0.05, 0) is 23.0 Å². The van der Waals surface area contributed by atoms with Gasteiger partial charge in [0.05, 0.1) is 0 Å². The van der Waals surface area contributed by atoms with Gasteiger partial charge in [0.25, 0.3) is 0 Å². The molecular formula is C23H30O. The molecule has 0 saturated heterocycles. The van der Waals surface area contributed by atoms with Gasteiger partial charge in [-0.25, -0.2) is 0 Å². The molecule has 0 aromatic heterocycles. The van der Waals surface area contributed by atoms with Gasteiger partial charge in [0.2, 0.25) is 0 Å². The topological polar surface area (TPSA) is 17.1 Å². The first-order valence-electron chi connectivity index (χ1n) is 8.93. The Morgan fingerprint density at radius 3 is 1.62 bits per heavy atom. The van der Waals surface area contributed by atoms with E-state index in [-0.39, 0.29) is 10.8 Å². The fraction of sp³-hybridized carbons (Fsp3) is 0.435. The third-order valence-electron chi connectivity index (χ3n) is 5.83. The van der Waals surface area contributed by atoms with Crippen LogP contribution in [0.4, 0.5) is 0 Å². The SMILES string of the molecule is CCC(=O)C(C)(C)C(C)(C)CC(c1ccccc1)c1ccccc1. The first-order valence-corrected chi connectivity index (χ1v) is 8.93. The van der Waals surface area contributed by atoms with Gasteiger partial charge in [0, 0.05) is 17.8 Å². The van der Waals surface area contributed by atoms with Crippen molar-refractivity contribution in [3.05, 3.63) is 71.8 Å². The van der Waals surface area contributed by atoms with Crippen molar-refractivity contribution in [2.24, 2.45) is 10.8 Å². The minimum Gasteiger partial charge on any atom is -0.299 e. The van der Waals surface area contributed by atoms with Crippen molar-refractivity contribution in [2.75, 3.05) is 0 Å². The van der Waals surface area contributed by atoms with Gasteiger partial charge < -0.3 is 0 Å². The van der Waals surface area contributed by atoms with E-state index in [2.05, 4.69) is 88.4 Å². The molecule has 0 aliphatic carbocycles. The Labute approximate surface area is 147 Å². The van der Waals surface area contributed by atoms with Crippen LogP contribution in [0.3, 0.4) is 0 Å². The molecule has 2 rings (SSSR count). The summed E-state index contributed by atoms with van der Waals surface area (Å²) in [6, 6.07) is 21.3. The maximum Gasteiger partial charge on any atom is 0.138 e. The molecule has 128 valence electrons. The Bertz CT molecular complexity index is 613. The Kier molecular flexibility index (Phi) is 5.64. The molecule has 24 heavy (non-hydrogen) atoms. The van der Waals surface area contributed by atoms with Crippen molar-refractivity contribution in [1.82, 2.24) is 0 Å². The molecule has 2 aromatic carbocycles. The van der Waals surface area contributed by atoms with E-state index in [0.717, 1.165) is 6.42 Å². The van der Waals surface area contributed by atoms with E-state index in [0.29, 0.717) is 18.1 Å². The molecule has 0 atom stereocenters. The highest BCUT2D eigenvalue weighted by atomic mass is 16.1. The first-order chi connectivity index (χ1) is 11.3. The molecular weight excluding hydrogens is 292 g/mol. The number of hydrogen-bond donors (Lipinski definition) is 0. The Balaban J connectivity index is 2.41. The lowest BCUT2D eigenvalue weighted by Gasteiger charge is -2.43. The van der Waals surface area contributed by atoms with E-state index in [1.54, 1.807) is 0 Å².